The van der Waals surface area contributed by atoms with Crippen molar-refractivity contribution in [2.24, 2.45) is 0 Å². The lowest BCUT2D eigenvalue weighted by Crippen LogP contribution is -2.11. The number of benzene rings is 1. The highest BCUT2D eigenvalue weighted by Crippen LogP contribution is 2.41. The van der Waals surface area contributed by atoms with Crippen molar-refractivity contribution < 1.29 is 22.3 Å². The van der Waals surface area contributed by atoms with Crippen molar-refractivity contribution in [1.82, 2.24) is 4.98 Å². The predicted octanol–water partition coefficient (Wildman–Crippen LogP) is 4.10. The Balaban J connectivity index is 1.58. The number of rotatable bonds is 7. The molecule has 7 nitrogen and oxygen atoms in total. The van der Waals surface area contributed by atoms with Crippen LogP contribution in [0.4, 0.5) is 5.69 Å². The fourth-order valence-electron chi connectivity index (χ4n) is 2.59. The number of anilines is 1. The Hall–Kier alpha value is -2.52. The lowest BCUT2D eigenvalue weighted by molar-refractivity contribution is 0.395. The fraction of sp³-hybridized carbons (Fsp3) is 0.278. The maximum atomic E-state index is 12.7. The Morgan fingerprint density at radius 3 is 2.48 bits per heavy atom. The molecule has 0 atom stereocenters. The van der Waals surface area contributed by atoms with Crippen LogP contribution in [0.15, 0.2) is 45.2 Å². The molecule has 4 rings (SSSR count). The first-order chi connectivity index (χ1) is 13.0. The van der Waals surface area contributed by atoms with E-state index >= 15 is 0 Å². The van der Waals surface area contributed by atoms with Crippen LogP contribution in [0, 0.1) is 0 Å². The summed E-state index contributed by atoms with van der Waals surface area (Å²) in [6.45, 7) is 0. The van der Waals surface area contributed by atoms with Crippen molar-refractivity contribution in [3.63, 3.8) is 0 Å². The Kier molecular flexibility index (Phi) is 4.56. The molecule has 0 unspecified atom stereocenters. The van der Waals surface area contributed by atoms with Crippen LogP contribution in [0.5, 0.6) is 11.5 Å². The molecule has 1 aromatic carbocycles. The summed E-state index contributed by atoms with van der Waals surface area (Å²) in [7, 11) is -0.741. The zero-order valence-electron chi connectivity index (χ0n) is 14.8. The molecule has 9 heteroatoms. The summed E-state index contributed by atoms with van der Waals surface area (Å²) in [6, 6.07) is 8.13. The van der Waals surface area contributed by atoms with Gasteiger partial charge >= 0.3 is 0 Å². The van der Waals surface area contributed by atoms with E-state index in [1.807, 2.05) is 0 Å². The molecular weight excluding hydrogens is 388 g/mol. The van der Waals surface area contributed by atoms with E-state index in [0.717, 1.165) is 34.9 Å². The molecular formula is C18H18N2O5S2. The zero-order valence-corrected chi connectivity index (χ0v) is 16.4. The second kappa shape index (κ2) is 6.90. The van der Waals surface area contributed by atoms with Crippen molar-refractivity contribution in [2.75, 3.05) is 18.9 Å². The van der Waals surface area contributed by atoms with Gasteiger partial charge in [0, 0.05) is 24.1 Å². The van der Waals surface area contributed by atoms with Crippen molar-refractivity contribution in [3.8, 4) is 22.1 Å². The van der Waals surface area contributed by atoms with E-state index in [9.17, 15) is 8.42 Å². The van der Waals surface area contributed by atoms with Crippen LogP contribution >= 0.6 is 11.3 Å². The average molecular weight is 406 g/mol. The standard InChI is InChI=1S/C18H18N2O5S2/c1-23-13-7-12(8-14(9-13)24-2)20-27(21,22)17-6-5-16(26-17)15-10-19-18(25-15)11-3-4-11/h5-11,20H,3-4H2,1-2H3. The van der Waals surface area contributed by atoms with E-state index < -0.39 is 10.0 Å². The molecule has 27 heavy (non-hydrogen) atoms. The van der Waals surface area contributed by atoms with Crippen molar-refractivity contribution in [1.29, 1.82) is 0 Å². The number of oxazole rings is 1. The second-order valence-corrected chi connectivity index (χ2v) is 9.16. The minimum Gasteiger partial charge on any atom is -0.497 e. The number of aromatic nitrogens is 1. The summed E-state index contributed by atoms with van der Waals surface area (Å²) < 4.78 is 44.3. The summed E-state index contributed by atoms with van der Waals surface area (Å²) in [6.07, 6.45) is 3.84. The molecule has 0 amide bonds. The molecule has 3 aromatic rings. The topological polar surface area (TPSA) is 90.7 Å². The van der Waals surface area contributed by atoms with Crippen molar-refractivity contribution in [3.05, 3.63) is 42.4 Å². The summed E-state index contributed by atoms with van der Waals surface area (Å²) in [5.74, 6) is 2.71. The van der Waals surface area contributed by atoms with Gasteiger partial charge in [-0.1, -0.05) is 0 Å². The van der Waals surface area contributed by atoms with Crippen LogP contribution < -0.4 is 14.2 Å². The van der Waals surface area contributed by atoms with E-state index in [-0.39, 0.29) is 4.21 Å². The van der Waals surface area contributed by atoms with Crippen molar-refractivity contribution in [2.45, 2.75) is 23.0 Å². The minimum absolute atomic E-state index is 0.184. The first kappa shape index (κ1) is 17.9. The molecule has 2 aromatic heterocycles. The average Bonchev–Trinajstić information content (AvgIpc) is 3.18. The minimum atomic E-state index is -3.75. The number of hydrogen-bond donors (Lipinski definition) is 1. The largest absolute Gasteiger partial charge is 0.497 e. The van der Waals surface area contributed by atoms with E-state index in [2.05, 4.69) is 9.71 Å². The van der Waals surface area contributed by atoms with Gasteiger partial charge in [-0.05, 0) is 25.0 Å². The number of ether oxygens (including phenoxy) is 2. The van der Waals surface area contributed by atoms with Crippen LogP contribution in [-0.4, -0.2) is 27.6 Å². The van der Waals surface area contributed by atoms with Crippen LogP contribution in [0.2, 0.25) is 0 Å². The summed E-state index contributed by atoms with van der Waals surface area (Å²) >= 11 is 1.13. The maximum Gasteiger partial charge on any atom is 0.271 e. The highest BCUT2D eigenvalue weighted by atomic mass is 32.2. The van der Waals surface area contributed by atoms with E-state index in [1.54, 1.807) is 36.5 Å². The van der Waals surface area contributed by atoms with Gasteiger partial charge in [0.2, 0.25) is 0 Å². The SMILES string of the molecule is COc1cc(NS(=O)(=O)c2ccc(-c3cnc(C4CC4)o3)s2)cc(OC)c1. The van der Waals surface area contributed by atoms with E-state index in [0.29, 0.717) is 28.9 Å². The molecule has 1 N–H and O–H groups in total. The lowest BCUT2D eigenvalue weighted by atomic mass is 10.3. The molecule has 0 spiro atoms. The normalized spacial score (nSPS) is 14.1. The molecule has 0 bridgehead atoms. The van der Waals surface area contributed by atoms with E-state index in [1.165, 1.54) is 14.2 Å². The molecule has 1 aliphatic rings. The first-order valence-electron chi connectivity index (χ1n) is 8.30. The summed E-state index contributed by atoms with van der Waals surface area (Å²) in [4.78, 5) is 5.00. The van der Waals surface area contributed by atoms with Gasteiger partial charge in [-0.15, -0.1) is 11.3 Å². The zero-order chi connectivity index (χ0) is 19.0. The number of methoxy groups -OCH3 is 2. The Labute approximate surface area is 161 Å². The van der Waals surface area contributed by atoms with Crippen LogP contribution in [0.1, 0.15) is 24.7 Å². The molecule has 1 fully saturated rings. The number of hydrogen-bond acceptors (Lipinski definition) is 7. The van der Waals surface area contributed by atoms with Crippen molar-refractivity contribution >= 4 is 27.0 Å². The van der Waals surface area contributed by atoms with Gasteiger partial charge in [0.1, 0.15) is 15.7 Å². The van der Waals surface area contributed by atoms with Gasteiger partial charge in [0.25, 0.3) is 10.0 Å². The molecule has 0 aliphatic heterocycles. The third-order valence-electron chi connectivity index (χ3n) is 4.14. The molecule has 2 heterocycles. The second-order valence-electron chi connectivity index (χ2n) is 6.16. The third kappa shape index (κ3) is 3.79. The molecule has 0 saturated heterocycles. The van der Waals surface area contributed by atoms with Gasteiger partial charge < -0.3 is 13.9 Å². The third-order valence-corrected chi connectivity index (χ3v) is 7.12. The first-order valence-corrected chi connectivity index (χ1v) is 10.6. The van der Waals surface area contributed by atoms with Gasteiger partial charge in [0.05, 0.1) is 31.0 Å². The summed E-state index contributed by atoms with van der Waals surface area (Å²) in [5, 5.41) is 0. The number of sulfonamides is 1. The molecule has 1 saturated carbocycles. The number of nitrogens with zero attached hydrogens (tertiary/aromatic N) is 1. The number of thiophene rings is 1. The highest BCUT2D eigenvalue weighted by molar-refractivity contribution is 7.94. The predicted molar refractivity (Wildman–Crippen MR) is 102 cm³/mol. The lowest BCUT2D eigenvalue weighted by Gasteiger charge is -2.10. The maximum absolute atomic E-state index is 12.7. The van der Waals surface area contributed by atoms with Gasteiger partial charge in [-0.2, -0.15) is 0 Å². The number of nitrogens with one attached hydrogen (secondary N) is 1. The monoisotopic (exact) mass is 406 g/mol. The van der Waals surface area contributed by atoms with Crippen LogP contribution in [-0.2, 0) is 10.0 Å². The Morgan fingerprint density at radius 2 is 1.85 bits per heavy atom. The molecule has 0 radical (unpaired) electrons. The Bertz CT molecular complexity index is 1040. The van der Waals surface area contributed by atoms with Gasteiger partial charge in [0.15, 0.2) is 11.7 Å². The van der Waals surface area contributed by atoms with Gasteiger partial charge in [-0.25, -0.2) is 13.4 Å². The van der Waals surface area contributed by atoms with Gasteiger partial charge in [-0.3, -0.25) is 4.72 Å². The fourth-order valence-corrected chi connectivity index (χ4v) is 4.88. The molecule has 142 valence electrons. The Morgan fingerprint density at radius 1 is 1.15 bits per heavy atom. The highest BCUT2D eigenvalue weighted by Gasteiger charge is 2.29. The smallest absolute Gasteiger partial charge is 0.271 e. The van der Waals surface area contributed by atoms with Crippen LogP contribution in [0.25, 0.3) is 10.6 Å². The quantitative estimate of drug-likeness (QED) is 0.635. The summed E-state index contributed by atoms with van der Waals surface area (Å²) in [5.41, 5.74) is 0.358. The van der Waals surface area contributed by atoms with Crippen LogP contribution in [0.3, 0.4) is 0 Å². The molecule has 1 aliphatic carbocycles. The van der Waals surface area contributed by atoms with E-state index in [4.69, 9.17) is 13.9 Å².